The zero-order valence-corrected chi connectivity index (χ0v) is 11.7. The first-order valence-corrected chi connectivity index (χ1v) is 6.80. The standard InChI is InChI=1S/C14H13BrN2O/c1-9-5-6-13(11(15)7-9)18-14-10-3-2-4-12(10)16-8-17-14/h5-8H,2-4H2,1H3. The fourth-order valence-electron chi connectivity index (χ4n) is 2.21. The highest BCUT2D eigenvalue weighted by Gasteiger charge is 2.19. The number of halogens is 1. The van der Waals surface area contributed by atoms with Gasteiger partial charge in [0.2, 0.25) is 5.88 Å². The van der Waals surface area contributed by atoms with Gasteiger partial charge in [-0.05, 0) is 59.8 Å². The number of aromatic nitrogens is 2. The van der Waals surface area contributed by atoms with E-state index < -0.39 is 0 Å². The molecule has 0 spiro atoms. The summed E-state index contributed by atoms with van der Waals surface area (Å²) < 4.78 is 6.86. The lowest BCUT2D eigenvalue weighted by Crippen LogP contribution is -1.97. The molecule has 0 aliphatic heterocycles. The van der Waals surface area contributed by atoms with Crippen LogP contribution in [-0.4, -0.2) is 9.97 Å². The maximum absolute atomic E-state index is 5.91. The summed E-state index contributed by atoms with van der Waals surface area (Å²) in [7, 11) is 0. The van der Waals surface area contributed by atoms with Crippen molar-refractivity contribution in [3.05, 3.63) is 45.8 Å². The smallest absolute Gasteiger partial charge is 0.225 e. The second kappa shape index (κ2) is 4.69. The van der Waals surface area contributed by atoms with E-state index in [1.807, 2.05) is 18.2 Å². The van der Waals surface area contributed by atoms with Gasteiger partial charge in [-0.3, -0.25) is 0 Å². The van der Waals surface area contributed by atoms with Crippen molar-refractivity contribution >= 4 is 15.9 Å². The molecule has 0 saturated heterocycles. The fraction of sp³-hybridized carbons (Fsp3) is 0.286. The lowest BCUT2D eigenvalue weighted by Gasteiger charge is -2.10. The maximum atomic E-state index is 5.91. The third kappa shape index (κ3) is 2.12. The van der Waals surface area contributed by atoms with Gasteiger partial charge in [0.05, 0.1) is 10.2 Å². The third-order valence-electron chi connectivity index (χ3n) is 3.13. The minimum absolute atomic E-state index is 0.696. The minimum Gasteiger partial charge on any atom is -0.437 e. The van der Waals surface area contributed by atoms with Crippen LogP contribution in [0.2, 0.25) is 0 Å². The van der Waals surface area contributed by atoms with Crippen LogP contribution in [0.1, 0.15) is 23.2 Å². The molecule has 0 N–H and O–H groups in total. The second-order valence-electron chi connectivity index (χ2n) is 4.49. The average Bonchev–Trinajstić information content (AvgIpc) is 2.82. The first kappa shape index (κ1) is 11.7. The van der Waals surface area contributed by atoms with E-state index in [1.54, 1.807) is 6.33 Å². The highest BCUT2D eigenvalue weighted by atomic mass is 79.9. The van der Waals surface area contributed by atoms with Crippen molar-refractivity contribution in [2.75, 3.05) is 0 Å². The number of benzene rings is 1. The van der Waals surface area contributed by atoms with Gasteiger partial charge in [-0.2, -0.15) is 0 Å². The van der Waals surface area contributed by atoms with E-state index >= 15 is 0 Å². The molecule has 1 aliphatic rings. The minimum atomic E-state index is 0.696. The molecule has 0 fully saturated rings. The molecule has 0 radical (unpaired) electrons. The van der Waals surface area contributed by atoms with Gasteiger partial charge < -0.3 is 4.74 Å². The van der Waals surface area contributed by atoms with Crippen molar-refractivity contribution in [2.24, 2.45) is 0 Å². The largest absolute Gasteiger partial charge is 0.437 e. The van der Waals surface area contributed by atoms with Gasteiger partial charge in [-0.25, -0.2) is 9.97 Å². The Morgan fingerprint density at radius 1 is 1.22 bits per heavy atom. The predicted molar refractivity (Wildman–Crippen MR) is 73.0 cm³/mol. The first-order valence-electron chi connectivity index (χ1n) is 6.01. The molecule has 0 saturated carbocycles. The van der Waals surface area contributed by atoms with Crippen molar-refractivity contribution in [1.82, 2.24) is 9.97 Å². The summed E-state index contributed by atoms with van der Waals surface area (Å²) >= 11 is 3.52. The molecule has 2 aromatic rings. The normalized spacial score (nSPS) is 13.4. The summed E-state index contributed by atoms with van der Waals surface area (Å²) in [6, 6.07) is 6.03. The lowest BCUT2D eigenvalue weighted by atomic mass is 10.2. The molecular weight excluding hydrogens is 292 g/mol. The third-order valence-corrected chi connectivity index (χ3v) is 3.75. The van der Waals surface area contributed by atoms with Crippen LogP contribution in [0.4, 0.5) is 0 Å². The summed E-state index contributed by atoms with van der Waals surface area (Å²) in [5.41, 5.74) is 3.48. The maximum Gasteiger partial charge on any atom is 0.225 e. The van der Waals surface area contributed by atoms with Crippen LogP contribution in [0.25, 0.3) is 0 Å². The molecule has 1 aromatic carbocycles. The van der Waals surface area contributed by atoms with Gasteiger partial charge in [0, 0.05) is 5.56 Å². The quantitative estimate of drug-likeness (QED) is 0.846. The van der Waals surface area contributed by atoms with Crippen molar-refractivity contribution < 1.29 is 4.74 Å². The Hall–Kier alpha value is -1.42. The zero-order chi connectivity index (χ0) is 12.5. The van der Waals surface area contributed by atoms with Crippen molar-refractivity contribution in [3.8, 4) is 11.6 Å². The van der Waals surface area contributed by atoms with E-state index in [0.717, 1.165) is 40.7 Å². The van der Waals surface area contributed by atoms with E-state index in [4.69, 9.17) is 4.74 Å². The predicted octanol–water partition coefficient (Wildman–Crippen LogP) is 3.83. The Morgan fingerprint density at radius 3 is 2.94 bits per heavy atom. The van der Waals surface area contributed by atoms with E-state index in [9.17, 15) is 0 Å². The summed E-state index contributed by atoms with van der Waals surface area (Å²) in [6.07, 6.45) is 4.76. The fourth-order valence-corrected chi connectivity index (χ4v) is 2.78. The number of fused-ring (bicyclic) bond motifs is 1. The Bertz CT molecular complexity index is 598. The number of aryl methyl sites for hydroxylation is 2. The van der Waals surface area contributed by atoms with Gasteiger partial charge in [0.1, 0.15) is 12.1 Å². The van der Waals surface area contributed by atoms with E-state index in [-0.39, 0.29) is 0 Å². The van der Waals surface area contributed by atoms with Crippen molar-refractivity contribution in [1.29, 1.82) is 0 Å². The van der Waals surface area contributed by atoms with E-state index in [0.29, 0.717) is 5.88 Å². The molecule has 3 rings (SSSR count). The van der Waals surface area contributed by atoms with Crippen LogP contribution >= 0.6 is 15.9 Å². The molecule has 1 heterocycles. The van der Waals surface area contributed by atoms with Crippen LogP contribution in [-0.2, 0) is 12.8 Å². The van der Waals surface area contributed by atoms with E-state index in [2.05, 4.69) is 32.8 Å². The second-order valence-corrected chi connectivity index (χ2v) is 5.35. The number of rotatable bonds is 2. The molecule has 0 amide bonds. The highest BCUT2D eigenvalue weighted by Crippen LogP contribution is 2.34. The van der Waals surface area contributed by atoms with E-state index in [1.165, 1.54) is 5.56 Å². The number of nitrogens with zero attached hydrogens (tertiary/aromatic N) is 2. The van der Waals surface area contributed by atoms with Crippen LogP contribution in [0.3, 0.4) is 0 Å². The molecule has 3 nitrogen and oxygen atoms in total. The zero-order valence-electron chi connectivity index (χ0n) is 10.1. The van der Waals surface area contributed by atoms with Gasteiger partial charge in [-0.1, -0.05) is 6.07 Å². The molecule has 1 aliphatic carbocycles. The van der Waals surface area contributed by atoms with Gasteiger partial charge in [0.15, 0.2) is 0 Å². The van der Waals surface area contributed by atoms with Crippen LogP contribution < -0.4 is 4.74 Å². The summed E-state index contributed by atoms with van der Waals surface area (Å²) in [6.45, 7) is 2.05. The lowest BCUT2D eigenvalue weighted by molar-refractivity contribution is 0.452. The number of ether oxygens (including phenoxy) is 1. The molecular formula is C14H13BrN2O. The molecule has 4 heteroatoms. The first-order chi connectivity index (χ1) is 8.74. The monoisotopic (exact) mass is 304 g/mol. The number of hydrogen-bond acceptors (Lipinski definition) is 3. The Labute approximate surface area is 114 Å². The Morgan fingerprint density at radius 2 is 2.11 bits per heavy atom. The van der Waals surface area contributed by atoms with Crippen LogP contribution in [0, 0.1) is 6.92 Å². The summed E-state index contributed by atoms with van der Waals surface area (Å²) in [5.74, 6) is 1.50. The molecule has 92 valence electrons. The van der Waals surface area contributed by atoms with Crippen molar-refractivity contribution in [2.45, 2.75) is 26.2 Å². The summed E-state index contributed by atoms with van der Waals surface area (Å²) in [5, 5.41) is 0. The topological polar surface area (TPSA) is 35.0 Å². The summed E-state index contributed by atoms with van der Waals surface area (Å²) in [4.78, 5) is 8.55. The van der Waals surface area contributed by atoms with Gasteiger partial charge in [0.25, 0.3) is 0 Å². The van der Waals surface area contributed by atoms with Crippen LogP contribution in [0.5, 0.6) is 11.6 Å². The molecule has 18 heavy (non-hydrogen) atoms. The van der Waals surface area contributed by atoms with Crippen LogP contribution in [0.15, 0.2) is 29.0 Å². The number of hydrogen-bond donors (Lipinski definition) is 0. The Kier molecular flexibility index (Phi) is 3.04. The molecule has 0 unspecified atom stereocenters. The molecule has 0 atom stereocenters. The highest BCUT2D eigenvalue weighted by molar-refractivity contribution is 9.10. The Balaban J connectivity index is 1.95. The van der Waals surface area contributed by atoms with Gasteiger partial charge >= 0.3 is 0 Å². The average molecular weight is 305 g/mol. The molecule has 0 bridgehead atoms. The molecule has 1 aromatic heterocycles. The van der Waals surface area contributed by atoms with Gasteiger partial charge in [-0.15, -0.1) is 0 Å². The van der Waals surface area contributed by atoms with Crippen molar-refractivity contribution in [3.63, 3.8) is 0 Å². The SMILES string of the molecule is Cc1ccc(Oc2ncnc3c2CCC3)c(Br)c1.